The molecule has 0 aromatic carbocycles. The molecule has 0 unspecified atom stereocenters. The summed E-state index contributed by atoms with van der Waals surface area (Å²) in [4.78, 5) is 0. The fourth-order valence-corrected chi connectivity index (χ4v) is 11.6. The molecular weight excluding hydrogens is 478 g/mol. The van der Waals surface area contributed by atoms with Crippen molar-refractivity contribution in [2.75, 3.05) is 0 Å². The van der Waals surface area contributed by atoms with Crippen LogP contribution in [-0.4, -0.2) is 57.0 Å². The van der Waals surface area contributed by atoms with Crippen molar-refractivity contribution in [2.24, 2.45) is 0 Å². The maximum atomic E-state index is 8.74. The van der Waals surface area contributed by atoms with Crippen LogP contribution in [-0.2, 0) is 10.4 Å². The van der Waals surface area contributed by atoms with Crippen LogP contribution < -0.4 is 0 Å². The summed E-state index contributed by atoms with van der Waals surface area (Å²) < 4.78 is 41.0. The first-order valence-corrected chi connectivity index (χ1v) is 22.8. The average molecular weight is 512 g/mol. The third-order valence-corrected chi connectivity index (χ3v) is 23.2. The van der Waals surface area contributed by atoms with Crippen LogP contribution in [0.5, 0.6) is 0 Å². The van der Waals surface area contributed by atoms with Crippen LogP contribution in [0.4, 0.5) is 0 Å². The molecule has 0 fully saturated rings. The van der Waals surface area contributed by atoms with Gasteiger partial charge in [-0.3, -0.25) is 9.11 Å². The Morgan fingerprint density at radius 2 is 0.737 bits per heavy atom. The van der Waals surface area contributed by atoms with Crippen molar-refractivity contribution < 1.29 is 17.5 Å². The van der Waals surface area contributed by atoms with E-state index in [2.05, 4.69) is 41.5 Å². The summed E-state index contributed by atoms with van der Waals surface area (Å²) in [6.07, 6.45) is 0. The van der Waals surface area contributed by atoms with Crippen molar-refractivity contribution in [3.8, 4) is 0 Å². The van der Waals surface area contributed by atoms with Crippen LogP contribution in [0.15, 0.2) is 0 Å². The van der Waals surface area contributed by atoms with Gasteiger partial charge in [0.1, 0.15) is 0 Å². The summed E-state index contributed by atoms with van der Waals surface area (Å²) in [5, 5.41) is 0. The standard InChI is InChI=1S/6C2H5.H2O4S.2Sn.2H/c6*1-2;1-5(2,3)4;;;;/h6*1H2,2H3;(H2,1,2,3,4);;;;. The zero-order chi connectivity index (χ0) is 15.9. The fraction of sp³-hybridized carbons (Fsp3) is 1.00. The van der Waals surface area contributed by atoms with Crippen molar-refractivity contribution in [3.63, 3.8) is 0 Å². The van der Waals surface area contributed by atoms with E-state index in [9.17, 15) is 0 Å². The van der Waals surface area contributed by atoms with Crippen molar-refractivity contribution in [3.05, 3.63) is 0 Å². The normalized spacial score (nSPS) is 10.6. The van der Waals surface area contributed by atoms with Gasteiger partial charge in [0, 0.05) is 0 Å². The van der Waals surface area contributed by atoms with Crippen LogP contribution in [0.3, 0.4) is 0 Å². The molecule has 0 radical (unpaired) electrons. The van der Waals surface area contributed by atoms with Gasteiger partial charge in [0.2, 0.25) is 0 Å². The van der Waals surface area contributed by atoms with Crippen LogP contribution in [0.1, 0.15) is 41.5 Å². The Bertz CT molecular complexity index is 219. The topological polar surface area (TPSA) is 74.6 Å². The van der Waals surface area contributed by atoms with Gasteiger partial charge in [0.15, 0.2) is 0 Å². The van der Waals surface area contributed by atoms with E-state index in [1.165, 1.54) is 0 Å². The summed E-state index contributed by atoms with van der Waals surface area (Å²) in [5.41, 5.74) is 0. The molecule has 19 heavy (non-hydrogen) atoms. The first kappa shape index (κ1) is 25.4. The van der Waals surface area contributed by atoms with E-state index in [1.54, 1.807) is 26.6 Å². The molecule has 0 heterocycles. The monoisotopic (exact) mass is 514 g/mol. The SMILES string of the molecule is C[CH2][SnH]([CH2]C)[CH2]C.C[CH2][SnH]([CH2]C)[CH2]C.O=S(=O)(O)O. The van der Waals surface area contributed by atoms with Gasteiger partial charge in [-0.1, -0.05) is 0 Å². The molecule has 0 saturated heterocycles. The van der Waals surface area contributed by atoms with E-state index in [-0.39, 0.29) is 0 Å². The zero-order valence-corrected chi connectivity index (χ0v) is 20.9. The molecule has 7 heteroatoms. The van der Waals surface area contributed by atoms with E-state index in [0.717, 1.165) is 0 Å². The van der Waals surface area contributed by atoms with Crippen molar-refractivity contribution >= 4 is 49.9 Å². The molecule has 0 atom stereocenters. The minimum Gasteiger partial charge on any atom is -0.264 e. The number of rotatable bonds is 6. The molecule has 4 nitrogen and oxygen atoms in total. The van der Waals surface area contributed by atoms with Gasteiger partial charge < -0.3 is 0 Å². The molecule has 0 rings (SSSR count). The Morgan fingerprint density at radius 1 is 0.632 bits per heavy atom. The molecule has 0 aromatic heterocycles. The quantitative estimate of drug-likeness (QED) is 0.419. The molecule has 0 aliphatic heterocycles. The van der Waals surface area contributed by atoms with E-state index in [4.69, 9.17) is 17.5 Å². The fourth-order valence-electron chi connectivity index (χ4n) is 1.73. The van der Waals surface area contributed by atoms with Crippen molar-refractivity contribution in [1.82, 2.24) is 0 Å². The number of hydrogen-bond acceptors (Lipinski definition) is 2. The summed E-state index contributed by atoms with van der Waals surface area (Å²) in [5.74, 6) is 0. The Labute approximate surface area is 134 Å². The van der Waals surface area contributed by atoms with E-state index >= 15 is 0 Å². The summed E-state index contributed by atoms with van der Waals surface area (Å²) >= 11 is -1.53. The average Bonchev–Trinajstić information content (AvgIpc) is 2.32. The maximum Gasteiger partial charge on any atom is 0.394 e. The van der Waals surface area contributed by atoms with Crippen LogP contribution in [0.2, 0.25) is 26.6 Å². The van der Waals surface area contributed by atoms with Crippen molar-refractivity contribution in [1.29, 1.82) is 0 Å². The Hall–Kier alpha value is 1.47. The van der Waals surface area contributed by atoms with E-state index in [1.807, 2.05) is 0 Å². The second-order valence-electron chi connectivity index (χ2n) is 4.63. The second kappa shape index (κ2) is 17.5. The molecule has 0 aromatic rings. The Morgan fingerprint density at radius 3 is 0.737 bits per heavy atom. The predicted molar refractivity (Wildman–Crippen MR) is 91.4 cm³/mol. The van der Waals surface area contributed by atoms with E-state index < -0.39 is 49.9 Å². The molecule has 120 valence electrons. The van der Waals surface area contributed by atoms with Crippen LogP contribution >= 0.6 is 0 Å². The molecule has 0 amide bonds. The van der Waals surface area contributed by atoms with Gasteiger partial charge >= 0.3 is 118 Å². The molecule has 0 aliphatic rings. The smallest absolute Gasteiger partial charge is 0.264 e. The van der Waals surface area contributed by atoms with Crippen molar-refractivity contribution in [2.45, 2.75) is 68.2 Å². The Balaban J connectivity index is -0.000000206. The predicted octanol–water partition coefficient (Wildman–Crippen LogP) is 3.89. The first-order chi connectivity index (χ1) is 8.69. The van der Waals surface area contributed by atoms with Gasteiger partial charge in [-0.05, 0) is 0 Å². The van der Waals surface area contributed by atoms with Crippen LogP contribution in [0, 0.1) is 0 Å². The first-order valence-electron chi connectivity index (χ1n) is 7.39. The molecule has 0 saturated carbocycles. The minimum atomic E-state index is -4.67. The molecule has 0 aliphatic carbocycles. The third kappa shape index (κ3) is 32.7. The molecular formula is C12H34O4SSn2. The molecule has 2 N–H and O–H groups in total. The maximum absolute atomic E-state index is 8.74. The van der Waals surface area contributed by atoms with Gasteiger partial charge in [0.25, 0.3) is 0 Å². The minimum absolute atomic E-state index is 0.764. The molecule has 0 bridgehead atoms. The summed E-state index contributed by atoms with van der Waals surface area (Å²) in [6, 6.07) is 0. The zero-order valence-electron chi connectivity index (χ0n) is 13.5. The number of hydrogen-bond donors (Lipinski definition) is 2. The van der Waals surface area contributed by atoms with Gasteiger partial charge in [-0.15, -0.1) is 0 Å². The molecule has 0 spiro atoms. The summed E-state index contributed by atoms with van der Waals surface area (Å²) in [6.45, 7) is 14.1. The second-order valence-corrected chi connectivity index (χ2v) is 29.4. The van der Waals surface area contributed by atoms with E-state index in [0.29, 0.717) is 0 Å². The Kier molecular flexibility index (Phi) is 23.4. The van der Waals surface area contributed by atoms with Crippen LogP contribution in [0.25, 0.3) is 0 Å². The van der Waals surface area contributed by atoms with Gasteiger partial charge in [-0.2, -0.15) is 8.42 Å². The largest absolute Gasteiger partial charge is 0.394 e. The summed E-state index contributed by atoms with van der Waals surface area (Å²) in [7, 11) is -4.67. The van der Waals surface area contributed by atoms with Gasteiger partial charge in [0.05, 0.1) is 0 Å². The third-order valence-electron chi connectivity index (χ3n) is 3.46. The van der Waals surface area contributed by atoms with Gasteiger partial charge in [-0.25, -0.2) is 0 Å².